The summed E-state index contributed by atoms with van der Waals surface area (Å²) in [6.07, 6.45) is 5.49. The Morgan fingerprint density at radius 3 is 2.42 bits per heavy atom. The Bertz CT molecular complexity index is 1430. The molecule has 1 aromatic carbocycles. The summed E-state index contributed by atoms with van der Waals surface area (Å²) in [5, 5.41) is 3.78. The number of ketones is 3. The van der Waals surface area contributed by atoms with E-state index in [1.165, 1.54) is 12.1 Å². The van der Waals surface area contributed by atoms with Crippen molar-refractivity contribution in [3.63, 3.8) is 0 Å². The van der Waals surface area contributed by atoms with Gasteiger partial charge < -0.3 is 4.90 Å². The van der Waals surface area contributed by atoms with Crippen LogP contribution in [0.15, 0.2) is 29.2 Å². The Morgan fingerprint density at radius 1 is 1.10 bits per heavy atom. The number of Topliss-reactive ketones (excluding diaryl/α,β-unsaturated/α-hetero) is 3. The number of benzene rings is 1. The van der Waals surface area contributed by atoms with Crippen LogP contribution in [-0.4, -0.2) is 53.4 Å². The van der Waals surface area contributed by atoms with Gasteiger partial charge in [-0.2, -0.15) is 5.10 Å². The van der Waals surface area contributed by atoms with Gasteiger partial charge in [0.05, 0.1) is 27.9 Å². The van der Waals surface area contributed by atoms with E-state index in [0.717, 1.165) is 43.9 Å². The molecule has 8 nitrogen and oxygen atoms in total. The number of rotatable bonds is 12. The molecule has 1 aliphatic heterocycles. The third kappa shape index (κ3) is 5.64. The van der Waals surface area contributed by atoms with Crippen molar-refractivity contribution in [1.29, 1.82) is 0 Å². The number of hydrogen-bond acceptors (Lipinski definition) is 7. The van der Waals surface area contributed by atoms with Gasteiger partial charge in [-0.25, -0.2) is 17.5 Å². The van der Waals surface area contributed by atoms with Crippen molar-refractivity contribution in [3.05, 3.63) is 41.3 Å². The maximum Gasteiger partial charge on any atom is 0.201 e. The van der Waals surface area contributed by atoms with E-state index in [1.54, 1.807) is 13.8 Å². The highest BCUT2D eigenvalue weighted by Crippen LogP contribution is 2.40. The van der Waals surface area contributed by atoms with Crippen molar-refractivity contribution in [2.24, 2.45) is 11.8 Å². The molecule has 2 aliphatic carbocycles. The van der Waals surface area contributed by atoms with E-state index in [2.05, 4.69) is 5.10 Å². The molecule has 2 aromatic rings. The van der Waals surface area contributed by atoms with Crippen LogP contribution in [0.1, 0.15) is 82.0 Å². The molecule has 0 bridgehead atoms. The average Bonchev–Trinajstić information content (AvgIpc) is 3.42. The molecule has 1 aromatic heterocycles. The van der Waals surface area contributed by atoms with E-state index in [0.29, 0.717) is 17.8 Å². The molecule has 2 heterocycles. The molecule has 0 amide bonds. The fourth-order valence-electron chi connectivity index (χ4n) is 6.02. The van der Waals surface area contributed by atoms with Gasteiger partial charge in [-0.3, -0.25) is 14.4 Å². The zero-order chi connectivity index (χ0) is 28.8. The van der Waals surface area contributed by atoms with E-state index in [1.807, 2.05) is 22.6 Å². The molecule has 0 unspecified atom stereocenters. The average molecular weight is 572 g/mol. The molecule has 0 radical (unpaired) electrons. The lowest BCUT2D eigenvalue weighted by molar-refractivity contribution is -0.140. The lowest BCUT2D eigenvalue weighted by Gasteiger charge is -2.32. The maximum atomic E-state index is 13.9. The number of halogens is 1. The number of anilines is 1. The molecule has 2 saturated carbocycles. The number of sulfone groups is 1. The molecule has 3 atom stereocenters. The van der Waals surface area contributed by atoms with Crippen molar-refractivity contribution in [2.45, 2.75) is 101 Å². The predicted molar refractivity (Wildman–Crippen MR) is 148 cm³/mol. The molecule has 1 saturated heterocycles. The number of carbonyl (C=O) groups excluding carboxylic acids is 3. The standard InChI is InChI=1S/C30H38FN3O5S/c1-4-21(30(37)27(36)14-20-8-9-20)15-26(35)25-16-24(40(38,39)28-11-10-22(31)12-18(28)2)17-33(25)29-13-19(3)32-34(29)23-6-5-7-23/h10-13,20-21,23-25H,4-9,14-17H2,1-3H3/t21-,24-,25+/m1/s1. The quantitative estimate of drug-likeness (QED) is 0.268. The molecular weight excluding hydrogens is 533 g/mol. The Morgan fingerprint density at radius 2 is 1.82 bits per heavy atom. The summed E-state index contributed by atoms with van der Waals surface area (Å²) in [6.45, 7) is 5.32. The first-order chi connectivity index (χ1) is 19.0. The van der Waals surface area contributed by atoms with Gasteiger partial charge in [0.2, 0.25) is 5.78 Å². The van der Waals surface area contributed by atoms with E-state index >= 15 is 0 Å². The monoisotopic (exact) mass is 571 g/mol. The van der Waals surface area contributed by atoms with Gasteiger partial charge in [0.25, 0.3) is 0 Å². The second-order valence-corrected chi connectivity index (χ2v) is 14.1. The van der Waals surface area contributed by atoms with Gasteiger partial charge in [0.1, 0.15) is 11.6 Å². The smallest absolute Gasteiger partial charge is 0.201 e. The summed E-state index contributed by atoms with van der Waals surface area (Å²) in [7, 11) is -3.89. The van der Waals surface area contributed by atoms with Crippen molar-refractivity contribution >= 4 is 33.0 Å². The van der Waals surface area contributed by atoms with Gasteiger partial charge in [-0.05, 0) is 88.5 Å². The van der Waals surface area contributed by atoms with Gasteiger partial charge in [0, 0.05) is 31.4 Å². The summed E-state index contributed by atoms with van der Waals surface area (Å²) in [4.78, 5) is 41.3. The molecule has 216 valence electrons. The minimum Gasteiger partial charge on any atom is -0.345 e. The molecule has 0 N–H and O–H groups in total. The Hall–Kier alpha value is -2.88. The lowest BCUT2D eigenvalue weighted by atomic mass is 9.88. The van der Waals surface area contributed by atoms with E-state index in [-0.39, 0.29) is 48.4 Å². The molecule has 3 aliphatic rings. The van der Waals surface area contributed by atoms with Crippen LogP contribution in [0.4, 0.5) is 10.2 Å². The van der Waals surface area contributed by atoms with Gasteiger partial charge >= 0.3 is 0 Å². The summed E-state index contributed by atoms with van der Waals surface area (Å²) in [5.41, 5.74) is 1.10. The lowest BCUT2D eigenvalue weighted by Crippen LogP contribution is -2.40. The predicted octanol–water partition coefficient (Wildman–Crippen LogP) is 4.71. The summed E-state index contributed by atoms with van der Waals surface area (Å²) in [5.74, 6) is -1.38. The zero-order valence-corrected chi connectivity index (χ0v) is 24.3. The number of nitrogens with zero attached hydrogens (tertiary/aromatic N) is 3. The molecule has 10 heteroatoms. The van der Waals surface area contributed by atoms with Crippen LogP contribution in [0, 0.1) is 31.5 Å². The van der Waals surface area contributed by atoms with Gasteiger partial charge in [-0.1, -0.05) is 6.92 Å². The Balaban J connectivity index is 1.45. The summed E-state index contributed by atoms with van der Waals surface area (Å²) in [6, 6.07) is 4.93. The fraction of sp³-hybridized carbons (Fsp3) is 0.600. The third-order valence-electron chi connectivity index (χ3n) is 8.83. The van der Waals surface area contributed by atoms with Crippen molar-refractivity contribution in [1.82, 2.24) is 9.78 Å². The second-order valence-electron chi connectivity index (χ2n) is 11.9. The normalized spacial score (nSPS) is 22.2. The highest BCUT2D eigenvalue weighted by molar-refractivity contribution is 7.92. The molecule has 0 spiro atoms. The first-order valence-corrected chi connectivity index (χ1v) is 16.0. The third-order valence-corrected chi connectivity index (χ3v) is 11.1. The van der Waals surface area contributed by atoms with E-state index in [4.69, 9.17) is 0 Å². The van der Waals surface area contributed by atoms with Crippen LogP contribution in [0.25, 0.3) is 0 Å². The van der Waals surface area contributed by atoms with Crippen molar-refractivity contribution < 1.29 is 27.2 Å². The summed E-state index contributed by atoms with van der Waals surface area (Å²) >= 11 is 0. The van der Waals surface area contributed by atoms with Crippen LogP contribution >= 0.6 is 0 Å². The SMILES string of the molecule is CC[C@H](CC(=O)[C@@H]1C[C@@H](S(=O)(=O)c2ccc(F)cc2C)CN1c1cc(C)nn1C1CCC1)C(=O)C(=O)CC1CC1. The Labute approximate surface area is 235 Å². The number of carbonyl (C=O) groups is 3. The summed E-state index contributed by atoms with van der Waals surface area (Å²) < 4.78 is 43.3. The van der Waals surface area contributed by atoms with Gasteiger partial charge in [0.15, 0.2) is 21.4 Å². The minimum absolute atomic E-state index is 0.0491. The number of hydrogen-bond donors (Lipinski definition) is 0. The van der Waals surface area contributed by atoms with E-state index in [9.17, 15) is 27.2 Å². The highest BCUT2D eigenvalue weighted by Gasteiger charge is 2.46. The first kappa shape index (κ1) is 28.6. The highest BCUT2D eigenvalue weighted by atomic mass is 32.2. The topological polar surface area (TPSA) is 106 Å². The fourth-order valence-corrected chi connectivity index (χ4v) is 7.94. The van der Waals surface area contributed by atoms with Crippen molar-refractivity contribution in [2.75, 3.05) is 11.4 Å². The van der Waals surface area contributed by atoms with E-state index < -0.39 is 44.4 Å². The second kappa shape index (κ2) is 11.2. The largest absolute Gasteiger partial charge is 0.345 e. The first-order valence-electron chi connectivity index (χ1n) is 14.4. The van der Waals surface area contributed by atoms with Crippen LogP contribution in [-0.2, 0) is 24.2 Å². The number of aryl methyl sites for hydroxylation is 2. The Kier molecular flexibility index (Phi) is 8.01. The maximum absolute atomic E-state index is 13.9. The van der Waals surface area contributed by atoms with Crippen LogP contribution < -0.4 is 4.90 Å². The molecule has 3 fully saturated rings. The molecular formula is C30H38FN3O5S. The molecule has 5 rings (SSSR count). The molecule has 40 heavy (non-hydrogen) atoms. The van der Waals surface area contributed by atoms with Crippen LogP contribution in [0.5, 0.6) is 0 Å². The van der Waals surface area contributed by atoms with Gasteiger partial charge in [-0.15, -0.1) is 0 Å². The van der Waals surface area contributed by atoms with Crippen molar-refractivity contribution in [3.8, 4) is 0 Å². The zero-order valence-electron chi connectivity index (χ0n) is 23.4. The number of aromatic nitrogens is 2. The van der Waals surface area contributed by atoms with Crippen LogP contribution in [0.3, 0.4) is 0 Å². The van der Waals surface area contributed by atoms with Crippen LogP contribution in [0.2, 0.25) is 0 Å². The minimum atomic E-state index is -3.89.